The molecule has 0 aliphatic carbocycles. The molecule has 0 saturated carbocycles. The number of nitrogens with one attached hydrogen (secondary N) is 2. The van der Waals surface area contributed by atoms with Gasteiger partial charge in [-0.05, 0) is 42.3 Å². The minimum absolute atomic E-state index is 0.0708. The van der Waals surface area contributed by atoms with E-state index in [1.165, 1.54) is 12.1 Å². The number of carbonyl (C=O) groups is 2. The fraction of sp³-hybridized carbons (Fsp3) is 0.176. The number of carbonyl (C=O) groups excluding carboxylic acids is 2. The molecule has 0 fully saturated rings. The zero-order valence-electron chi connectivity index (χ0n) is 12.4. The summed E-state index contributed by atoms with van der Waals surface area (Å²) in [4.78, 5) is 23.7. The monoisotopic (exact) mass is 300 g/mol. The van der Waals surface area contributed by atoms with E-state index in [4.69, 9.17) is 0 Å². The number of hydrogen-bond donors (Lipinski definition) is 2. The second-order valence-corrected chi connectivity index (χ2v) is 4.96. The fourth-order valence-electron chi connectivity index (χ4n) is 2.07. The first kappa shape index (κ1) is 15.7. The van der Waals surface area contributed by atoms with Crippen LogP contribution in [0.4, 0.5) is 10.1 Å². The molecule has 2 aromatic rings. The van der Waals surface area contributed by atoms with Crippen LogP contribution in [-0.4, -0.2) is 18.9 Å². The molecule has 0 spiro atoms. The Balaban J connectivity index is 2.12. The molecular weight excluding hydrogens is 283 g/mol. The van der Waals surface area contributed by atoms with Crippen LogP contribution < -0.4 is 10.6 Å². The van der Waals surface area contributed by atoms with Crippen LogP contribution in [0.2, 0.25) is 0 Å². The largest absolute Gasteiger partial charge is 0.355 e. The van der Waals surface area contributed by atoms with E-state index in [0.717, 1.165) is 5.56 Å². The van der Waals surface area contributed by atoms with Gasteiger partial charge >= 0.3 is 0 Å². The molecule has 5 heteroatoms. The van der Waals surface area contributed by atoms with Gasteiger partial charge in [-0.2, -0.15) is 0 Å². The Morgan fingerprint density at radius 3 is 2.59 bits per heavy atom. The van der Waals surface area contributed by atoms with Gasteiger partial charge in [-0.1, -0.05) is 18.2 Å². The van der Waals surface area contributed by atoms with Crippen molar-refractivity contribution in [3.05, 3.63) is 65.0 Å². The first-order valence-corrected chi connectivity index (χ1v) is 6.86. The van der Waals surface area contributed by atoms with Crippen molar-refractivity contribution in [3.63, 3.8) is 0 Å². The minimum atomic E-state index is -0.372. The normalized spacial score (nSPS) is 10.1. The lowest BCUT2D eigenvalue weighted by molar-refractivity contribution is -0.115. The van der Waals surface area contributed by atoms with Crippen LogP contribution in [0.3, 0.4) is 0 Å². The van der Waals surface area contributed by atoms with Gasteiger partial charge in [0.2, 0.25) is 5.91 Å². The molecule has 0 aliphatic heterocycles. The average Bonchev–Trinajstić information content (AvgIpc) is 2.48. The molecular formula is C17H17FN2O2. The quantitative estimate of drug-likeness (QED) is 0.912. The molecule has 0 bridgehead atoms. The van der Waals surface area contributed by atoms with Gasteiger partial charge in [0.15, 0.2) is 0 Å². The van der Waals surface area contributed by atoms with Gasteiger partial charge in [0, 0.05) is 18.3 Å². The number of hydrogen-bond acceptors (Lipinski definition) is 2. The molecule has 0 aliphatic rings. The van der Waals surface area contributed by atoms with Gasteiger partial charge in [0.1, 0.15) is 5.82 Å². The molecule has 0 heterocycles. The van der Waals surface area contributed by atoms with Crippen molar-refractivity contribution in [2.75, 3.05) is 12.4 Å². The second-order valence-electron chi connectivity index (χ2n) is 4.96. The summed E-state index contributed by atoms with van der Waals surface area (Å²) in [6, 6.07) is 11.0. The Morgan fingerprint density at radius 1 is 1.14 bits per heavy atom. The lowest BCUT2D eigenvalue weighted by Gasteiger charge is -2.10. The van der Waals surface area contributed by atoms with Crippen molar-refractivity contribution in [3.8, 4) is 0 Å². The SMILES string of the molecule is CNC(=O)c1ccc(C)c(NC(=O)Cc2cccc(F)c2)c1. The van der Waals surface area contributed by atoms with Crippen LogP contribution in [0.1, 0.15) is 21.5 Å². The summed E-state index contributed by atoms with van der Waals surface area (Å²) in [5, 5.41) is 5.29. The minimum Gasteiger partial charge on any atom is -0.355 e. The molecule has 0 unspecified atom stereocenters. The van der Waals surface area contributed by atoms with Crippen molar-refractivity contribution in [1.29, 1.82) is 0 Å². The number of amides is 2. The summed E-state index contributed by atoms with van der Waals surface area (Å²) < 4.78 is 13.1. The number of rotatable bonds is 4. The Labute approximate surface area is 128 Å². The predicted octanol–water partition coefficient (Wildman–Crippen LogP) is 2.67. The van der Waals surface area contributed by atoms with E-state index in [-0.39, 0.29) is 24.1 Å². The van der Waals surface area contributed by atoms with Crippen molar-refractivity contribution in [1.82, 2.24) is 5.32 Å². The summed E-state index contributed by atoms with van der Waals surface area (Å²) in [6.07, 6.45) is 0.0708. The fourth-order valence-corrected chi connectivity index (χ4v) is 2.07. The van der Waals surface area contributed by atoms with E-state index in [0.29, 0.717) is 16.8 Å². The molecule has 4 nitrogen and oxygen atoms in total. The maximum atomic E-state index is 13.1. The second kappa shape index (κ2) is 6.85. The number of anilines is 1. The van der Waals surface area contributed by atoms with Crippen LogP contribution in [0.25, 0.3) is 0 Å². The Hall–Kier alpha value is -2.69. The first-order valence-electron chi connectivity index (χ1n) is 6.86. The van der Waals surface area contributed by atoms with Crippen LogP contribution in [0.5, 0.6) is 0 Å². The molecule has 0 radical (unpaired) electrons. The maximum Gasteiger partial charge on any atom is 0.251 e. The van der Waals surface area contributed by atoms with Gasteiger partial charge in [0.05, 0.1) is 6.42 Å². The summed E-state index contributed by atoms with van der Waals surface area (Å²) in [6.45, 7) is 1.84. The third-order valence-electron chi connectivity index (χ3n) is 3.25. The molecule has 2 amide bonds. The number of halogens is 1. The van der Waals surface area contributed by atoms with E-state index < -0.39 is 0 Å². The highest BCUT2D eigenvalue weighted by Crippen LogP contribution is 2.17. The van der Waals surface area contributed by atoms with Crippen LogP contribution in [0.15, 0.2) is 42.5 Å². The molecule has 2 N–H and O–H groups in total. The van der Waals surface area contributed by atoms with Crippen LogP contribution in [0, 0.1) is 12.7 Å². The Bertz CT molecular complexity index is 714. The van der Waals surface area contributed by atoms with Crippen LogP contribution in [-0.2, 0) is 11.2 Å². The van der Waals surface area contributed by atoms with Gasteiger partial charge < -0.3 is 10.6 Å². The molecule has 2 rings (SSSR count). The number of aryl methyl sites for hydroxylation is 1. The summed E-state index contributed by atoms with van der Waals surface area (Å²) in [7, 11) is 1.55. The van der Waals surface area contributed by atoms with E-state index in [2.05, 4.69) is 10.6 Å². The van der Waals surface area contributed by atoms with Crippen molar-refractivity contribution in [2.24, 2.45) is 0 Å². The topological polar surface area (TPSA) is 58.2 Å². The maximum absolute atomic E-state index is 13.1. The number of benzene rings is 2. The highest BCUT2D eigenvalue weighted by Gasteiger charge is 2.10. The first-order chi connectivity index (χ1) is 10.5. The van der Waals surface area contributed by atoms with Gasteiger partial charge in [-0.3, -0.25) is 9.59 Å². The standard InChI is InChI=1S/C17H17FN2O2/c1-11-6-7-13(17(22)19-2)10-15(11)20-16(21)9-12-4-3-5-14(18)8-12/h3-8,10H,9H2,1-2H3,(H,19,22)(H,20,21). The average molecular weight is 300 g/mol. The van der Waals surface area contributed by atoms with E-state index in [9.17, 15) is 14.0 Å². The molecule has 0 saturated heterocycles. The van der Waals surface area contributed by atoms with E-state index in [1.807, 2.05) is 6.92 Å². The van der Waals surface area contributed by atoms with Crippen molar-refractivity contribution < 1.29 is 14.0 Å². The third-order valence-corrected chi connectivity index (χ3v) is 3.25. The molecule has 0 atom stereocenters. The molecule has 114 valence electrons. The van der Waals surface area contributed by atoms with Crippen molar-refractivity contribution >= 4 is 17.5 Å². The summed E-state index contributed by atoms with van der Waals surface area (Å²) in [5.41, 5.74) is 2.48. The lowest BCUT2D eigenvalue weighted by Crippen LogP contribution is -2.19. The lowest BCUT2D eigenvalue weighted by atomic mass is 10.1. The predicted molar refractivity (Wildman–Crippen MR) is 83.3 cm³/mol. The Kier molecular flexibility index (Phi) is 4.88. The smallest absolute Gasteiger partial charge is 0.251 e. The zero-order valence-corrected chi connectivity index (χ0v) is 12.4. The highest BCUT2D eigenvalue weighted by molar-refractivity contribution is 5.98. The van der Waals surface area contributed by atoms with E-state index >= 15 is 0 Å². The third kappa shape index (κ3) is 3.91. The highest BCUT2D eigenvalue weighted by atomic mass is 19.1. The zero-order chi connectivity index (χ0) is 16.1. The van der Waals surface area contributed by atoms with Gasteiger partial charge in [-0.25, -0.2) is 4.39 Å². The van der Waals surface area contributed by atoms with Gasteiger partial charge in [-0.15, -0.1) is 0 Å². The molecule has 0 aromatic heterocycles. The molecule has 22 heavy (non-hydrogen) atoms. The van der Waals surface area contributed by atoms with E-state index in [1.54, 1.807) is 37.4 Å². The van der Waals surface area contributed by atoms with Gasteiger partial charge in [0.25, 0.3) is 5.91 Å². The van der Waals surface area contributed by atoms with Crippen molar-refractivity contribution in [2.45, 2.75) is 13.3 Å². The summed E-state index contributed by atoms with van der Waals surface area (Å²) >= 11 is 0. The molecule has 2 aromatic carbocycles. The van der Waals surface area contributed by atoms with Crippen LogP contribution >= 0.6 is 0 Å². The summed E-state index contributed by atoms with van der Waals surface area (Å²) in [5.74, 6) is -0.855. The Morgan fingerprint density at radius 2 is 1.91 bits per heavy atom.